The lowest BCUT2D eigenvalue weighted by molar-refractivity contribution is -0.118. The van der Waals surface area contributed by atoms with E-state index in [1.165, 1.54) is 5.56 Å². The van der Waals surface area contributed by atoms with Gasteiger partial charge in [-0.3, -0.25) is 4.79 Å². The van der Waals surface area contributed by atoms with Crippen molar-refractivity contribution in [3.63, 3.8) is 0 Å². The predicted octanol–water partition coefficient (Wildman–Crippen LogP) is 4.55. The number of hydrogen-bond donors (Lipinski definition) is 3. The third-order valence-corrected chi connectivity index (χ3v) is 6.82. The molecule has 190 valence electrons. The van der Waals surface area contributed by atoms with Crippen molar-refractivity contribution < 1.29 is 9.59 Å². The van der Waals surface area contributed by atoms with E-state index in [0.29, 0.717) is 19.5 Å². The molecule has 1 unspecified atom stereocenters. The number of fused-ring (bicyclic) bond motifs is 2. The molecule has 0 bridgehead atoms. The molecule has 0 aliphatic carbocycles. The van der Waals surface area contributed by atoms with E-state index in [4.69, 9.17) is 0 Å². The van der Waals surface area contributed by atoms with Crippen LogP contribution in [0.25, 0.3) is 10.9 Å². The molecule has 3 amide bonds. The Morgan fingerprint density at radius 3 is 2.62 bits per heavy atom. The van der Waals surface area contributed by atoms with E-state index in [1.807, 2.05) is 81.0 Å². The minimum absolute atomic E-state index is 0.226. The van der Waals surface area contributed by atoms with E-state index in [9.17, 15) is 9.59 Å². The molecule has 4 aromatic rings. The Balaban J connectivity index is 1.36. The van der Waals surface area contributed by atoms with Crippen LogP contribution in [0.5, 0.6) is 0 Å². The summed E-state index contributed by atoms with van der Waals surface area (Å²) >= 11 is 0. The van der Waals surface area contributed by atoms with Crippen LogP contribution in [0.1, 0.15) is 22.3 Å². The van der Waals surface area contributed by atoms with Crippen LogP contribution in [0, 0.1) is 0 Å². The topological polar surface area (TPSA) is 80.5 Å². The summed E-state index contributed by atoms with van der Waals surface area (Å²) < 4.78 is 0. The van der Waals surface area contributed by atoms with Crippen molar-refractivity contribution in [2.45, 2.75) is 32.0 Å². The molecule has 1 atom stereocenters. The summed E-state index contributed by atoms with van der Waals surface area (Å²) in [4.78, 5) is 34.1. The quantitative estimate of drug-likeness (QED) is 0.352. The average Bonchev–Trinajstić information content (AvgIpc) is 3.30. The molecule has 0 saturated carbocycles. The van der Waals surface area contributed by atoms with Crippen molar-refractivity contribution in [3.8, 4) is 0 Å². The molecule has 7 nitrogen and oxygen atoms in total. The normalized spacial score (nSPS) is 13.9. The summed E-state index contributed by atoms with van der Waals surface area (Å²) in [5.41, 5.74) is 6.24. The van der Waals surface area contributed by atoms with Crippen LogP contribution in [0.4, 0.5) is 10.5 Å². The molecule has 1 aliphatic heterocycles. The zero-order valence-electron chi connectivity index (χ0n) is 21.3. The first-order chi connectivity index (χ1) is 18.0. The molecule has 1 aromatic heterocycles. The van der Waals surface area contributed by atoms with Gasteiger partial charge < -0.3 is 25.4 Å². The maximum absolute atomic E-state index is 13.6. The van der Waals surface area contributed by atoms with Crippen molar-refractivity contribution in [1.82, 2.24) is 20.1 Å². The third-order valence-electron chi connectivity index (χ3n) is 6.82. The highest BCUT2D eigenvalue weighted by Gasteiger charge is 2.27. The van der Waals surface area contributed by atoms with E-state index >= 15 is 0 Å². The van der Waals surface area contributed by atoms with E-state index in [-0.39, 0.29) is 11.9 Å². The molecule has 3 N–H and O–H groups in total. The molecule has 1 aliphatic rings. The SMILES string of the molecule is CN(C)Cc1cccc(NC(=O)C(Cc2c[nH]c3ccccc23)NC(=O)N2CCc3ccccc3C2)c1. The summed E-state index contributed by atoms with van der Waals surface area (Å²) in [6, 6.07) is 23.1. The van der Waals surface area contributed by atoms with Gasteiger partial charge in [0.1, 0.15) is 6.04 Å². The van der Waals surface area contributed by atoms with Gasteiger partial charge in [0.15, 0.2) is 0 Å². The number of aromatic amines is 1. The minimum Gasteiger partial charge on any atom is -0.361 e. The number of amides is 3. The molecule has 37 heavy (non-hydrogen) atoms. The van der Waals surface area contributed by atoms with Crippen molar-refractivity contribution in [2.24, 2.45) is 0 Å². The van der Waals surface area contributed by atoms with E-state index < -0.39 is 6.04 Å². The summed E-state index contributed by atoms with van der Waals surface area (Å²) in [7, 11) is 4.02. The van der Waals surface area contributed by atoms with Crippen molar-refractivity contribution >= 4 is 28.5 Å². The molecule has 0 saturated heterocycles. The second kappa shape index (κ2) is 10.9. The van der Waals surface area contributed by atoms with Gasteiger partial charge in [0.25, 0.3) is 0 Å². The van der Waals surface area contributed by atoms with Gasteiger partial charge in [-0.1, -0.05) is 54.6 Å². The highest BCUT2D eigenvalue weighted by molar-refractivity contribution is 5.98. The van der Waals surface area contributed by atoms with Gasteiger partial charge in [-0.05, 0) is 61.0 Å². The Kier molecular flexibility index (Phi) is 7.23. The first-order valence-electron chi connectivity index (χ1n) is 12.7. The van der Waals surface area contributed by atoms with Gasteiger partial charge in [-0.2, -0.15) is 0 Å². The van der Waals surface area contributed by atoms with Crippen molar-refractivity contribution in [2.75, 3.05) is 26.0 Å². The lowest BCUT2D eigenvalue weighted by Gasteiger charge is -2.30. The molecule has 2 heterocycles. The number of benzene rings is 3. The average molecular weight is 496 g/mol. The van der Waals surface area contributed by atoms with Crippen LogP contribution in [-0.4, -0.2) is 53.4 Å². The highest BCUT2D eigenvalue weighted by atomic mass is 16.2. The lowest BCUT2D eigenvalue weighted by atomic mass is 10.00. The number of urea groups is 1. The number of para-hydroxylation sites is 1. The number of hydrogen-bond acceptors (Lipinski definition) is 3. The van der Waals surface area contributed by atoms with Crippen molar-refractivity contribution in [3.05, 3.63) is 101 Å². The smallest absolute Gasteiger partial charge is 0.318 e. The maximum atomic E-state index is 13.6. The maximum Gasteiger partial charge on any atom is 0.318 e. The van der Waals surface area contributed by atoms with Gasteiger partial charge in [-0.15, -0.1) is 0 Å². The predicted molar refractivity (Wildman–Crippen MR) is 147 cm³/mol. The van der Waals surface area contributed by atoms with Crippen LogP contribution < -0.4 is 10.6 Å². The molecule has 0 spiro atoms. The van der Waals surface area contributed by atoms with Crippen LogP contribution in [0.15, 0.2) is 79.0 Å². The second-order valence-corrected chi connectivity index (χ2v) is 9.93. The molecule has 5 rings (SSSR count). The molecule has 0 radical (unpaired) electrons. The number of carbonyl (C=O) groups excluding carboxylic acids is 2. The minimum atomic E-state index is -0.735. The number of H-pyrrole nitrogens is 1. The number of rotatable bonds is 7. The second-order valence-electron chi connectivity index (χ2n) is 9.93. The molecular formula is C30H33N5O2. The summed E-state index contributed by atoms with van der Waals surface area (Å²) in [5, 5.41) is 7.13. The van der Waals surface area contributed by atoms with Gasteiger partial charge in [-0.25, -0.2) is 4.79 Å². The van der Waals surface area contributed by atoms with Crippen LogP contribution in [0.3, 0.4) is 0 Å². The molecular weight excluding hydrogens is 462 g/mol. The largest absolute Gasteiger partial charge is 0.361 e. The summed E-state index contributed by atoms with van der Waals surface area (Å²) in [6.07, 6.45) is 3.11. The molecule has 7 heteroatoms. The van der Waals surface area contributed by atoms with Gasteiger partial charge in [0, 0.05) is 48.8 Å². The van der Waals surface area contributed by atoms with Crippen LogP contribution in [0.2, 0.25) is 0 Å². The Morgan fingerprint density at radius 1 is 1.00 bits per heavy atom. The Labute approximate surface area is 217 Å². The van der Waals surface area contributed by atoms with Gasteiger partial charge in [0.2, 0.25) is 5.91 Å². The Hall–Kier alpha value is -4.10. The number of anilines is 1. The van der Waals surface area contributed by atoms with Gasteiger partial charge in [0.05, 0.1) is 0 Å². The third kappa shape index (κ3) is 5.84. The fraction of sp³-hybridized carbons (Fsp3) is 0.267. The fourth-order valence-corrected chi connectivity index (χ4v) is 4.98. The molecule has 3 aromatic carbocycles. The highest BCUT2D eigenvalue weighted by Crippen LogP contribution is 2.22. The fourth-order valence-electron chi connectivity index (χ4n) is 4.98. The Morgan fingerprint density at radius 2 is 1.78 bits per heavy atom. The summed E-state index contributed by atoms with van der Waals surface area (Å²) in [6.45, 7) is 1.93. The van der Waals surface area contributed by atoms with Gasteiger partial charge >= 0.3 is 6.03 Å². The van der Waals surface area contributed by atoms with Crippen LogP contribution >= 0.6 is 0 Å². The number of carbonyl (C=O) groups is 2. The zero-order chi connectivity index (χ0) is 25.8. The van der Waals surface area contributed by atoms with Crippen molar-refractivity contribution in [1.29, 1.82) is 0 Å². The zero-order valence-corrected chi connectivity index (χ0v) is 21.3. The molecule has 0 fully saturated rings. The van der Waals surface area contributed by atoms with E-state index in [2.05, 4.69) is 32.7 Å². The first kappa shape index (κ1) is 24.6. The van der Waals surface area contributed by atoms with E-state index in [1.54, 1.807) is 4.90 Å². The summed E-state index contributed by atoms with van der Waals surface area (Å²) in [5.74, 6) is -0.238. The lowest BCUT2D eigenvalue weighted by Crippen LogP contribution is -2.51. The number of nitrogens with zero attached hydrogens (tertiary/aromatic N) is 2. The standard InChI is InChI=1S/C30H33N5O2/c1-34(2)19-21-8-7-11-25(16-21)32-29(36)28(17-24-18-31-27-13-6-5-12-26(24)27)33-30(37)35-15-14-22-9-3-4-10-23(22)20-35/h3-13,16,18,28,31H,14-15,17,19-20H2,1-2H3,(H,32,36)(H,33,37). The van der Waals surface area contributed by atoms with Crippen LogP contribution in [-0.2, 0) is 30.7 Å². The van der Waals surface area contributed by atoms with E-state index in [0.717, 1.165) is 46.2 Å². The monoisotopic (exact) mass is 495 g/mol. The Bertz CT molecular complexity index is 1410. The first-order valence-corrected chi connectivity index (χ1v) is 12.7. The number of nitrogens with one attached hydrogen (secondary N) is 3. The number of aromatic nitrogens is 1.